The smallest absolute Gasteiger partial charge is 0.315 e. The lowest BCUT2D eigenvalue weighted by atomic mass is 10.5. The van der Waals surface area contributed by atoms with E-state index < -0.39 is 32.9 Å². The number of carbonyl (C=O) groups is 1. The van der Waals surface area contributed by atoms with E-state index in [2.05, 4.69) is 0 Å². The van der Waals surface area contributed by atoms with Gasteiger partial charge in [0.15, 0.2) is 0 Å². The molecule has 0 aliphatic heterocycles. The largest absolute Gasteiger partial charge is 0.318 e. The average Bonchev–Trinajstić information content (AvgIpc) is 2.40. The predicted molar refractivity (Wildman–Crippen MR) is 60.3 cm³/mol. The van der Waals surface area contributed by atoms with E-state index in [1.165, 1.54) is 0 Å². The lowest BCUT2D eigenvalue weighted by molar-refractivity contribution is -0.126. The van der Waals surface area contributed by atoms with Crippen LogP contribution < -0.4 is 10.5 Å². The summed E-state index contributed by atoms with van der Waals surface area (Å²) in [5.74, 6) is -1.70. The molecule has 1 aromatic heterocycles. The van der Waals surface area contributed by atoms with Crippen molar-refractivity contribution >= 4 is 56.2 Å². The number of carbonyl (C=O) groups excluding carboxylic acids is 1. The monoisotopic (exact) mass is 324 g/mol. The fourth-order valence-electron chi connectivity index (χ4n) is 0.901. The minimum atomic E-state index is -4.28. The number of nitrogens with one attached hydrogen (secondary N) is 1. The second-order valence-corrected chi connectivity index (χ2v) is 6.41. The van der Waals surface area contributed by atoms with E-state index in [0.717, 1.165) is 0 Å². The molecule has 17 heavy (non-hydrogen) atoms. The Morgan fingerprint density at radius 1 is 1.35 bits per heavy atom. The van der Waals surface area contributed by atoms with Crippen LogP contribution in [0.25, 0.3) is 0 Å². The molecule has 1 rings (SSSR count). The molecule has 3 N–H and O–H groups in total. The first-order chi connectivity index (χ1) is 7.64. The summed E-state index contributed by atoms with van der Waals surface area (Å²) < 4.78 is 45.7. The normalized spacial score (nSPS) is 11.9. The molecule has 96 valence electrons. The molecule has 5 nitrogen and oxygen atoms in total. The first-order valence-corrected chi connectivity index (χ1v) is 6.86. The Morgan fingerprint density at radius 3 is 2.29 bits per heavy atom. The fraction of sp³-hybridized carbons (Fsp3) is 0.167. The van der Waals surface area contributed by atoms with Gasteiger partial charge in [-0.2, -0.15) is 8.78 Å². The molecular formula is C6H4Cl2F2N2O3S2. The Bertz CT molecular complexity index is 558. The zero-order chi connectivity index (χ0) is 13.4. The van der Waals surface area contributed by atoms with Gasteiger partial charge < -0.3 is 5.32 Å². The third-order valence-electron chi connectivity index (χ3n) is 1.51. The summed E-state index contributed by atoms with van der Waals surface area (Å²) in [5.41, 5.74) is -0.533. The molecule has 0 atom stereocenters. The highest BCUT2D eigenvalue weighted by molar-refractivity contribution is 7.89. The van der Waals surface area contributed by atoms with Gasteiger partial charge in [-0.25, -0.2) is 13.6 Å². The van der Waals surface area contributed by atoms with Crippen molar-refractivity contribution in [1.29, 1.82) is 0 Å². The number of nitrogens with two attached hydrogens (primary N) is 1. The van der Waals surface area contributed by atoms with Crippen LogP contribution in [-0.2, 0) is 14.8 Å². The van der Waals surface area contributed by atoms with Gasteiger partial charge in [-0.3, -0.25) is 4.79 Å². The lowest BCUT2D eigenvalue weighted by Gasteiger charge is -2.05. The van der Waals surface area contributed by atoms with Gasteiger partial charge in [-0.05, 0) is 0 Å². The SMILES string of the molecule is NS(=O)(=O)c1c(Cl)sc(Cl)c1NC(=O)C(F)F. The first-order valence-electron chi connectivity index (χ1n) is 3.74. The molecule has 0 radical (unpaired) electrons. The molecule has 11 heteroatoms. The third kappa shape index (κ3) is 3.26. The molecule has 1 aromatic rings. The van der Waals surface area contributed by atoms with Crippen LogP contribution in [-0.4, -0.2) is 20.8 Å². The molecule has 0 aliphatic carbocycles. The zero-order valence-electron chi connectivity index (χ0n) is 7.71. The van der Waals surface area contributed by atoms with Gasteiger partial charge in [0, 0.05) is 0 Å². The van der Waals surface area contributed by atoms with Crippen LogP contribution in [0.2, 0.25) is 8.67 Å². The Morgan fingerprint density at radius 2 is 1.88 bits per heavy atom. The van der Waals surface area contributed by atoms with Crippen LogP contribution >= 0.6 is 34.5 Å². The fourth-order valence-corrected chi connectivity index (χ4v) is 3.90. The maximum atomic E-state index is 12.0. The van der Waals surface area contributed by atoms with Crippen LogP contribution in [0.15, 0.2) is 4.90 Å². The van der Waals surface area contributed by atoms with Gasteiger partial charge in [-0.1, -0.05) is 23.2 Å². The van der Waals surface area contributed by atoms with E-state index in [1.807, 2.05) is 0 Å². The van der Waals surface area contributed by atoms with Crippen molar-refractivity contribution in [2.45, 2.75) is 11.3 Å². The lowest BCUT2D eigenvalue weighted by Crippen LogP contribution is -2.22. The van der Waals surface area contributed by atoms with E-state index >= 15 is 0 Å². The highest BCUT2D eigenvalue weighted by Crippen LogP contribution is 2.43. The highest BCUT2D eigenvalue weighted by Gasteiger charge is 2.27. The molecule has 0 bridgehead atoms. The molecule has 0 spiro atoms. The summed E-state index contributed by atoms with van der Waals surface area (Å²) in [7, 11) is -4.28. The summed E-state index contributed by atoms with van der Waals surface area (Å²) in [4.78, 5) is 10.1. The van der Waals surface area contributed by atoms with Gasteiger partial charge in [0.25, 0.3) is 5.91 Å². The van der Waals surface area contributed by atoms with Crippen molar-refractivity contribution in [3.63, 3.8) is 0 Å². The highest BCUT2D eigenvalue weighted by atomic mass is 35.5. The van der Waals surface area contributed by atoms with E-state index in [-0.39, 0.29) is 8.67 Å². The van der Waals surface area contributed by atoms with Crippen molar-refractivity contribution in [2.75, 3.05) is 5.32 Å². The molecule has 0 aliphatic rings. The van der Waals surface area contributed by atoms with Gasteiger partial charge in [0.05, 0.1) is 5.69 Å². The third-order valence-corrected chi connectivity index (χ3v) is 4.34. The maximum Gasteiger partial charge on any atom is 0.315 e. The number of sulfonamides is 1. The molecule has 1 amide bonds. The van der Waals surface area contributed by atoms with Gasteiger partial charge in [0.1, 0.15) is 13.6 Å². The minimum absolute atomic E-state index is 0.256. The first kappa shape index (κ1) is 14.6. The number of anilines is 1. The summed E-state index contributed by atoms with van der Waals surface area (Å²) in [6.45, 7) is 0. The second-order valence-electron chi connectivity index (χ2n) is 2.69. The van der Waals surface area contributed by atoms with Gasteiger partial charge in [-0.15, -0.1) is 11.3 Å². The molecule has 0 fully saturated rings. The number of hydrogen-bond donors (Lipinski definition) is 2. The molecule has 0 saturated heterocycles. The van der Waals surface area contributed by atoms with Crippen LogP contribution in [0.1, 0.15) is 0 Å². The summed E-state index contributed by atoms with van der Waals surface area (Å²) in [6.07, 6.45) is -3.32. The summed E-state index contributed by atoms with van der Waals surface area (Å²) >= 11 is 11.7. The average molecular weight is 325 g/mol. The Kier molecular flexibility index (Phi) is 4.31. The van der Waals surface area contributed by atoms with Crippen LogP contribution in [0.3, 0.4) is 0 Å². The molecule has 0 unspecified atom stereocenters. The Balaban J connectivity index is 3.29. The summed E-state index contributed by atoms with van der Waals surface area (Å²) in [5, 5.41) is 6.47. The van der Waals surface area contributed by atoms with E-state index in [9.17, 15) is 22.0 Å². The topological polar surface area (TPSA) is 89.3 Å². The number of hydrogen-bond acceptors (Lipinski definition) is 4. The van der Waals surface area contributed by atoms with Crippen molar-refractivity contribution in [3.05, 3.63) is 8.67 Å². The molecular weight excluding hydrogens is 321 g/mol. The maximum absolute atomic E-state index is 12.0. The quantitative estimate of drug-likeness (QED) is 0.889. The van der Waals surface area contributed by atoms with Crippen LogP contribution in [0.4, 0.5) is 14.5 Å². The number of alkyl halides is 2. The number of halogens is 4. The van der Waals surface area contributed by atoms with Crippen molar-refractivity contribution in [2.24, 2.45) is 5.14 Å². The van der Waals surface area contributed by atoms with E-state index in [1.54, 1.807) is 5.32 Å². The number of amides is 1. The number of rotatable bonds is 3. The number of primary sulfonamides is 1. The van der Waals surface area contributed by atoms with Crippen LogP contribution in [0.5, 0.6) is 0 Å². The van der Waals surface area contributed by atoms with Crippen molar-refractivity contribution in [3.8, 4) is 0 Å². The van der Waals surface area contributed by atoms with Crippen LogP contribution in [0, 0.1) is 0 Å². The predicted octanol–water partition coefficient (Wildman–Crippen LogP) is 1.91. The van der Waals surface area contributed by atoms with Crippen molar-refractivity contribution < 1.29 is 22.0 Å². The number of thiophene rings is 1. The standard InChI is InChI=1S/C6H4Cl2F2N2O3S2/c7-3-1(12-6(13)5(9)10)2(4(8)16-3)17(11,14)15/h5H,(H,12,13)(H2,11,14,15). The zero-order valence-corrected chi connectivity index (χ0v) is 10.9. The molecule has 1 heterocycles. The Hall–Kier alpha value is -0.480. The second kappa shape index (κ2) is 5.02. The van der Waals surface area contributed by atoms with Crippen molar-refractivity contribution in [1.82, 2.24) is 0 Å². The van der Waals surface area contributed by atoms with Gasteiger partial charge in [0.2, 0.25) is 10.0 Å². The Labute approximate surface area is 109 Å². The summed E-state index contributed by atoms with van der Waals surface area (Å²) in [6, 6.07) is 0. The molecule has 0 aromatic carbocycles. The minimum Gasteiger partial charge on any atom is -0.318 e. The van der Waals surface area contributed by atoms with Gasteiger partial charge >= 0.3 is 6.43 Å². The van der Waals surface area contributed by atoms with E-state index in [4.69, 9.17) is 28.3 Å². The molecule has 0 saturated carbocycles. The van der Waals surface area contributed by atoms with E-state index in [0.29, 0.717) is 11.3 Å².